The van der Waals surface area contributed by atoms with Crippen molar-refractivity contribution in [2.24, 2.45) is 45.3 Å². The number of ether oxygens (including phenoxy) is 2. The second kappa shape index (κ2) is 8.87. The fraction of sp³-hybridized carbons (Fsp3) is 0.750. The van der Waals surface area contributed by atoms with Gasteiger partial charge in [0.05, 0.1) is 12.2 Å². The molecule has 0 aromatic carbocycles. The summed E-state index contributed by atoms with van der Waals surface area (Å²) in [7, 11) is 0. The molecule has 2 saturated carbocycles. The molecule has 0 bridgehead atoms. The average molecular weight is 527 g/mol. The fourth-order valence-corrected chi connectivity index (χ4v) is 9.75. The van der Waals surface area contributed by atoms with Crippen molar-refractivity contribution < 1.29 is 29.3 Å². The number of ketones is 1. The first-order chi connectivity index (χ1) is 17.6. The van der Waals surface area contributed by atoms with E-state index in [1.807, 2.05) is 19.9 Å². The Labute approximate surface area is 227 Å². The Kier molecular flexibility index (Phi) is 6.49. The summed E-state index contributed by atoms with van der Waals surface area (Å²) in [6.45, 7) is 16.3. The van der Waals surface area contributed by atoms with Crippen LogP contribution in [0, 0.1) is 45.3 Å². The van der Waals surface area contributed by atoms with Crippen molar-refractivity contribution in [3.05, 3.63) is 35.5 Å². The molecule has 5 aliphatic rings. The van der Waals surface area contributed by atoms with Crippen molar-refractivity contribution in [3.63, 3.8) is 0 Å². The molecule has 0 radical (unpaired) electrons. The minimum atomic E-state index is -0.943. The van der Waals surface area contributed by atoms with Gasteiger partial charge in [0.25, 0.3) is 0 Å². The number of allylic oxidation sites excluding steroid dienone is 3. The van der Waals surface area contributed by atoms with Gasteiger partial charge in [-0.05, 0) is 65.9 Å². The quantitative estimate of drug-likeness (QED) is 0.389. The number of esters is 1. The number of hydrogen-bond acceptors (Lipinski definition) is 6. The predicted octanol–water partition coefficient (Wildman–Crippen LogP) is 5.14. The molecule has 6 heteroatoms. The van der Waals surface area contributed by atoms with Crippen molar-refractivity contribution in [2.45, 2.75) is 106 Å². The molecule has 0 amide bonds. The van der Waals surface area contributed by atoms with Crippen LogP contribution < -0.4 is 0 Å². The maximum atomic E-state index is 13.0. The van der Waals surface area contributed by atoms with E-state index in [2.05, 4.69) is 46.8 Å². The molecular formula is C32H46O6. The van der Waals surface area contributed by atoms with E-state index < -0.39 is 40.2 Å². The van der Waals surface area contributed by atoms with Gasteiger partial charge in [-0.15, -0.1) is 0 Å². The molecule has 0 aromatic rings. The Morgan fingerprint density at radius 2 is 1.87 bits per heavy atom. The van der Waals surface area contributed by atoms with Crippen molar-refractivity contribution in [1.82, 2.24) is 0 Å². The summed E-state index contributed by atoms with van der Waals surface area (Å²) in [5, 5.41) is 23.0. The van der Waals surface area contributed by atoms with E-state index in [4.69, 9.17) is 9.47 Å². The zero-order chi connectivity index (χ0) is 28.0. The standard InChI is InChI=1S/C32H46O6/c1-17(2)13-19-14-20(28(36)38-19)21-9-10-23-31(21,7)16-22(34)27-30(6)12-11-25(35)29(4,5)24(30)15-26(32(23,27)8)37-18(3)33/h10-12,14,17,19,21-22,24,26-28,34,36H,9,13,15-16H2,1-8H3/t19-,21+,22-,24+,26-,27-,28+,30+,31+,32?/m1/s1. The molecular weight excluding hydrogens is 480 g/mol. The number of hydrogen-bond donors (Lipinski definition) is 2. The summed E-state index contributed by atoms with van der Waals surface area (Å²) >= 11 is 0. The summed E-state index contributed by atoms with van der Waals surface area (Å²) in [6.07, 6.45) is 8.64. The maximum Gasteiger partial charge on any atom is 0.302 e. The highest BCUT2D eigenvalue weighted by atomic mass is 16.6. The molecule has 38 heavy (non-hydrogen) atoms. The molecule has 6 nitrogen and oxygen atoms in total. The number of aliphatic hydroxyl groups is 2. The monoisotopic (exact) mass is 526 g/mol. The van der Waals surface area contributed by atoms with Crippen LogP contribution in [0.3, 0.4) is 0 Å². The van der Waals surface area contributed by atoms with Gasteiger partial charge < -0.3 is 19.7 Å². The molecule has 0 saturated heterocycles. The van der Waals surface area contributed by atoms with Crippen LogP contribution in [-0.2, 0) is 19.1 Å². The van der Waals surface area contributed by atoms with Gasteiger partial charge in [-0.1, -0.05) is 72.3 Å². The summed E-state index contributed by atoms with van der Waals surface area (Å²) in [6, 6.07) is 0. The van der Waals surface area contributed by atoms with Crippen LogP contribution >= 0.6 is 0 Å². The van der Waals surface area contributed by atoms with E-state index in [0.29, 0.717) is 18.8 Å². The Morgan fingerprint density at radius 1 is 1.18 bits per heavy atom. The van der Waals surface area contributed by atoms with E-state index in [0.717, 1.165) is 18.4 Å². The first-order valence-corrected chi connectivity index (χ1v) is 14.4. The third-order valence-electron chi connectivity index (χ3n) is 11.2. The molecule has 1 aliphatic heterocycles. The Bertz CT molecular complexity index is 1110. The smallest absolute Gasteiger partial charge is 0.302 e. The molecule has 1 heterocycles. The van der Waals surface area contributed by atoms with Crippen molar-refractivity contribution in [2.75, 3.05) is 0 Å². The van der Waals surface area contributed by atoms with Crippen LogP contribution in [0.25, 0.3) is 0 Å². The minimum Gasteiger partial charge on any atom is -0.462 e. The van der Waals surface area contributed by atoms with Crippen LogP contribution in [0.1, 0.15) is 81.1 Å². The maximum absolute atomic E-state index is 13.0. The zero-order valence-electron chi connectivity index (χ0n) is 24.3. The number of carbonyl (C=O) groups is 2. The number of fused-ring (bicyclic) bond motifs is 5. The minimum absolute atomic E-state index is 0.000474. The van der Waals surface area contributed by atoms with Gasteiger partial charge in [-0.3, -0.25) is 9.59 Å². The first-order valence-electron chi connectivity index (χ1n) is 14.4. The van der Waals surface area contributed by atoms with Gasteiger partial charge in [0.1, 0.15) is 6.10 Å². The molecule has 0 spiro atoms. The molecule has 210 valence electrons. The van der Waals surface area contributed by atoms with Crippen LogP contribution in [-0.4, -0.2) is 46.6 Å². The van der Waals surface area contributed by atoms with Crippen molar-refractivity contribution >= 4 is 11.8 Å². The number of rotatable bonds is 4. The van der Waals surface area contributed by atoms with E-state index in [-0.39, 0.29) is 35.6 Å². The first kappa shape index (κ1) is 27.8. The molecule has 2 N–H and O–H groups in total. The SMILES string of the molecule is CC(=O)O[C@@H]1C[C@H]2C(C)(C)C(=O)C=C[C@]2(C)[C@H]2[C@H](O)C[C@]3(C)C(=CC[C@H]3C3=C[C@@H](CC(C)C)O[C@@H]3O)C12C. The number of aliphatic hydroxyl groups excluding tert-OH is 2. The normalized spacial score (nSPS) is 47.2. The van der Waals surface area contributed by atoms with E-state index in [1.54, 1.807) is 6.08 Å². The van der Waals surface area contributed by atoms with Crippen LogP contribution in [0.2, 0.25) is 0 Å². The Hall–Kier alpha value is -1.76. The van der Waals surface area contributed by atoms with Crippen LogP contribution in [0.15, 0.2) is 35.5 Å². The molecule has 10 atom stereocenters. The van der Waals surface area contributed by atoms with Gasteiger partial charge in [-0.2, -0.15) is 0 Å². The highest BCUT2D eigenvalue weighted by Crippen LogP contribution is 2.72. The third kappa shape index (κ3) is 3.77. The predicted molar refractivity (Wildman–Crippen MR) is 145 cm³/mol. The third-order valence-corrected chi connectivity index (χ3v) is 11.2. The van der Waals surface area contributed by atoms with Crippen molar-refractivity contribution in [3.8, 4) is 0 Å². The van der Waals surface area contributed by atoms with Crippen LogP contribution in [0.4, 0.5) is 0 Å². The summed E-state index contributed by atoms with van der Waals surface area (Å²) in [5.74, 6) is -0.112. The van der Waals surface area contributed by atoms with E-state index in [1.165, 1.54) is 12.5 Å². The average Bonchev–Trinajstić information content (AvgIpc) is 3.30. The van der Waals surface area contributed by atoms with Crippen molar-refractivity contribution in [1.29, 1.82) is 0 Å². The highest BCUT2D eigenvalue weighted by Gasteiger charge is 2.71. The summed E-state index contributed by atoms with van der Waals surface area (Å²) < 4.78 is 12.1. The zero-order valence-corrected chi connectivity index (χ0v) is 24.3. The Balaban J connectivity index is 1.60. The second-order valence-electron chi connectivity index (χ2n) is 14.4. The Morgan fingerprint density at radius 3 is 2.50 bits per heavy atom. The van der Waals surface area contributed by atoms with Gasteiger partial charge in [0, 0.05) is 23.7 Å². The summed E-state index contributed by atoms with van der Waals surface area (Å²) in [5.41, 5.74) is 0.00414. The topological polar surface area (TPSA) is 93.1 Å². The van der Waals surface area contributed by atoms with Gasteiger partial charge in [0.2, 0.25) is 0 Å². The van der Waals surface area contributed by atoms with E-state index in [9.17, 15) is 19.8 Å². The molecule has 1 unspecified atom stereocenters. The molecule has 4 aliphatic carbocycles. The summed E-state index contributed by atoms with van der Waals surface area (Å²) in [4.78, 5) is 25.4. The highest BCUT2D eigenvalue weighted by molar-refractivity contribution is 5.95. The van der Waals surface area contributed by atoms with E-state index >= 15 is 0 Å². The largest absolute Gasteiger partial charge is 0.462 e. The number of carbonyl (C=O) groups excluding carboxylic acids is 2. The molecule has 5 rings (SSSR count). The van der Waals surface area contributed by atoms with Crippen LogP contribution in [0.5, 0.6) is 0 Å². The fourth-order valence-electron chi connectivity index (χ4n) is 9.75. The molecule has 2 fully saturated rings. The lowest BCUT2D eigenvalue weighted by atomic mass is 9.38. The second-order valence-corrected chi connectivity index (χ2v) is 14.4. The lowest BCUT2D eigenvalue weighted by molar-refractivity contribution is -0.209. The van der Waals surface area contributed by atoms with Gasteiger partial charge in [0.15, 0.2) is 12.1 Å². The molecule has 0 aromatic heterocycles. The lowest BCUT2D eigenvalue weighted by Crippen LogP contribution is -2.67. The van der Waals surface area contributed by atoms with Gasteiger partial charge >= 0.3 is 5.97 Å². The lowest BCUT2D eigenvalue weighted by Gasteiger charge is -2.67. The van der Waals surface area contributed by atoms with Gasteiger partial charge in [-0.25, -0.2) is 0 Å².